The van der Waals surface area contributed by atoms with Gasteiger partial charge in [-0.3, -0.25) is 4.79 Å². The average Bonchev–Trinajstić information content (AvgIpc) is 2.19. The van der Waals surface area contributed by atoms with E-state index in [1.807, 2.05) is 25.1 Å². The van der Waals surface area contributed by atoms with Crippen LogP contribution in [0.2, 0.25) is 5.02 Å². The molecule has 3 N–H and O–H groups in total. The van der Waals surface area contributed by atoms with Crippen molar-refractivity contribution in [3.8, 4) is 0 Å². The minimum absolute atomic E-state index is 0.150. The van der Waals surface area contributed by atoms with Gasteiger partial charge in [0.15, 0.2) is 0 Å². The van der Waals surface area contributed by atoms with E-state index in [9.17, 15) is 4.79 Å². The summed E-state index contributed by atoms with van der Waals surface area (Å²) in [5.74, 6) is -0.150. The Hall–Kier alpha value is -1.06. The Kier molecular flexibility index (Phi) is 4.12. The second-order valence-electron chi connectivity index (χ2n) is 3.59. The van der Waals surface area contributed by atoms with Crippen molar-refractivity contribution < 1.29 is 4.79 Å². The lowest BCUT2D eigenvalue weighted by Crippen LogP contribution is -2.37. The molecule has 1 amide bonds. The number of carbonyl (C=O) groups excluding carboxylic acids is 1. The molecule has 0 radical (unpaired) electrons. The Balaban J connectivity index is 2.58. The van der Waals surface area contributed by atoms with E-state index in [1.165, 1.54) is 0 Å². The number of nitrogens with one attached hydrogen (secondary N) is 1. The summed E-state index contributed by atoms with van der Waals surface area (Å²) in [4.78, 5) is 11.2. The highest BCUT2D eigenvalue weighted by atomic mass is 35.5. The van der Waals surface area contributed by atoms with Gasteiger partial charge in [-0.05, 0) is 31.0 Å². The van der Waals surface area contributed by atoms with Crippen LogP contribution in [0, 0.1) is 6.92 Å². The summed E-state index contributed by atoms with van der Waals surface area (Å²) in [6.07, 6.45) is 0. The van der Waals surface area contributed by atoms with E-state index in [2.05, 4.69) is 5.32 Å². The van der Waals surface area contributed by atoms with Gasteiger partial charge in [-0.1, -0.05) is 23.7 Å². The van der Waals surface area contributed by atoms with E-state index in [-0.39, 0.29) is 5.91 Å². The highest BCUT2D eigenvalue weighted by Crippen LogP contribution is 2.15. The molecule has 0 fully saturated rings. The first-order valence-electron chi connectivity index (χ1n) is 4.79. The standard InChI is InChI=1S/C11H15ClN2O/c1-7-5-9(3-4-10(7)12)6-14-11(15)8(2)13/h3-5,8H,6,13H2,1-2H3,(H,14,15). The molecule has 3 nitrogen and oxygen atoms in total. The van der Waals surface area contributed by atoms with Gasteiger partial charge in [-0.25, -0.2) is 0 Å². The smallest absolute Gasteiger partial charge is 0.236 e. The van der Waals surface area contributed by atoms with Crippen LogP contribution in [-0.2, 0) is 11.3 Å². The molecule has 0 spiro atoms. The van der Waals surface area contributed by atoms with Crippen molar-refractivity contribution in [3.63, 3.8) is 0 Å². The molecule has 4 heteroatoms. The number of benzene rings is 1. The SMILES string of the molecule is Cc1cc(CNC(=O)C(C)N)ccc1Cl. The van der Waals surface area contributed by atoms with Crippen molar-refractivity contribution in [2.45, 2.75) is 26.4 Å². The Morgan fingerprint density at radius 1 is 1.60 bits per heavy atom. The average molecular weight is 227 g/mol. The topological polar surface area (TPSA) is 55.1 Å². The molecule has 1 atom stereocenters. The van der Waals surface area contributed by atoms with Gasteiger partial charge in [0, 0.05) is 11.6 Å². The molecule has 15 heavy (non-hydrogen) atoms. The van der Waals surface area contributed by atoms with E-state index in [4.69, 9.17) is 17.3 Å². The van der Waals surface area contributed by atoms with Crippen LogP contribution in [0.3, 0.4) is 0 Å². The maximum Gasteiger partial charge on any atom is 0.236 e. The third-order valence-corrected chi connectivity index (χ3v) is 2.53. The predicted octanol–water partition coefficient (Wildman–Crippen LogP) is 1.61. The monoisotopic (exact) mass is 226 g/mol. The largest absolute Gasteiger partial charge is 0.351 e. The van der Waals surface area contributed by atoms with Gasteiger partial charge >= 0.3 is 0 Å². The van der Waals surface area contributed by atoms with Crippen molar-refractivity contribution in [1.82, 2.24) is 5.32 Å². The summed E-state index contributed by atoms with van der Waals surface area (Å²) in [6.45, 7) is 4.07. The summed E-state index contributed by atoms with van der Waals surface area (Å²) in [6, 6.07) is 5.18. The van der Waals surface area contributed by atoms with Crippen molar-refractivity contribution >= 4 is 17.5 Å². The van der Waals surface area contributed by atoms with E-state index in [0.717, 1.165) is 16.1 Å². The fraction of sp³-hybridized carbons (Fsp3) is 0.364. The zero-order valence-electron chi connectivity index (χ0n) is 8.88. The second-order valence-corrected chi connectivity index (χ2v) is 4.00. The van der Waals surface area contributed by atoms with E-state index < -0.39 is 6.04 Å². The van der Waals surface area contributed by atoms with Crippen molar-refractivity contribution in [1.29, 1.82) is 0 Å². The Bertz CT molecular complexity index is 364. The minimum atomic E-state index is -0.474. The zero-order chi connectivity index (χ0) is 11.4. The van der Waals surface area contributed by atoms with Gasteiger partial charge in [-0.15, -0.1) is 0 Å². The molecule has 0 aromatic heterocycles. The third-order valence-electron chi connectivity index (χ3n) is 2.10. The van der Waals surface area contributed by atoms with Gasteiger partial charge in [0.2, 0.25) is 5.91 Å². The lowest BCUT2D eigenvalue weighted by Gasteiger charge is -2.08. The van der Waals surface area contributed by atoms with Crippen molar-refractivity contribution in [2.24, 2.45) is 5.73 Å². The number of nitrogens with two attached hydrogens (primary N) is 1. The highest BCUT2D eigenvalue weighted by Gasteiger charge is 2.06. The number of halogens is 1. The highest BCUT2D eigenvalue weighted by molar-refractivity contribution is 6.31. The predicted molar refractivity (Wildman–Crippen MR) is 61.7 cm³/mol. The van der Waals surface area contributed by atoms with E-state index in [1.54, 1.807) is 6.92 Å². The molecule has 0 bridgehead atoms. The molecule has 82 valence electrons. The van der Waals surface area contributed by atoms with Gasteiger partial charge in [0.05, 0.1) is 6.04 Å². The summed E-state index contributed by atoms with van der Waals surface area (Å²) < 4.78 is 0. The fourth-order valence-electron chi connectivity index (χ4n) is 1.17. The number of carbonyl (C=O) groups is 1. The molecule has 1 rings (SSSR count). The molecule has 0 saturated carbocycles. The summed E-state index contributed by atoms with van der Waals surface area (Å²) in [5, 5.41) is 3.47. The fourth-order valence-corrected chi connectivity index (χ4v) is 1.28. The maximum absolute atomic E-state index is 11.2. The Morgan fingerprint density at radius 3 is 2.80 bits per heavy atom. The van der Waals surface area contributed by atoms with Crippen LogP contribution < -0.4 is 11.1 Å². The first kappa shape index (κ1) is 12.0. The molecular weight excluding hydrogens is 212 g/mol. The second kappa shape index (κ2) is 5.14. The number of rotatable bonds is 3. The molecule has 0 aliphatic carbocycles. The first-order valence-corrected chi connectivity index (χ1v) is 5.17. The molecule has 0 saturated heterocycles. The van der Waals surface area contributed by atoms with Crippen LogP contribution in [0.4, 0.5) is 0 Å². The summed E-state index contributed by atoms with van der Waals surface area (Å²) in [7, 11) is 0. The number of hydrogen-bond donors (Lipinski definition) is 2. The molecular formula is C11H15ClN2O. The van der Waals surface area contributed by atoms with Crippen molar-refractivity contribution in [2.75, 3.05) is 0 Å². The number of amides is 1. The minimum Gasteiger partial charge on any atom is -0.351 e. The Morgan fingerprint density at radius 2 is 2.27 bits per heavy atom. The number of hydrogen-bond acceptors (Lipinski definition) is 2. The first-order chi connectivity index (χ1) is 7.00. The number of aryl methyl sites for hydroxylation is 1. The molecule has 0 aliphatic rings. The molecule has 1 aromatic rings. The molecule has 0 heterocycles. The summed E-state index contributed by atoms with van der Waals surface area (Å²) >= 11 is 5.89. The van der Waals surface area contributed by atoms with Gasteiger partial charge in [0.25, 0.3) is 0 Å². The van der Waals surface area contributed by atoms with Gasteiger partial charge in [-0.2, -0.15) is 0 Å². The van der Waals surface area contributed by atoms with E-state index in [0.29, 0.717) is 6.54 Å². The third kappa shape index (κ3) is 3.53. The lowest BCUT2D eigenvalue weighted by molar-refractivity contribution is -0.122. The van der Waals surface area contributed by atoms with Crippen LogP contribution in [0.25, 0.3) is 0 Å². The van der Waals surface area contributed by atoms with Crippen LogP contribution in [0.5, 0.6) is 0 Å². The van der Waals surface area contributed by atoms with Crippen molar-refractivity contribution in [3.05, 3.63) is 34.3 Å². The zero-order valence-corrected chi connectivity index (χ0v) is 9.64. The van der Waals surface area contributed by atoms with Gasteiger partial charge < -0.3 is 11.1 Å². The molecule has 0 aliphatic heterocycles. The van der Waals surface area contributed by atoms with E-state index >= 15 is 0 Å². The Labute approximate surface area is 94.6 Å². The van der Waals surface area contributed by atoms with Crippen LogP contribution >= 0.6 is 11.6 Å². The normalized spacial score (nSPS) is 12.3. The lowest BCUT2D eigenvalue weighted by atomic mass is 10.1. The van der Waals surface area contributed by atoms with Crippen LogP contribution in [0.15, 0.2) is 18.2 Å². The maximum atomic E-state index is 11.2. The van der Waals surface area contributed by atoms with Crippen LogP contribution in [0.1, 0.15) is 18.1 Å². The van der Waals surface area contributed by atoms with Gasteiger partial charge in [0.1, 0.15) is 0 Å². The molecule has 1 unspecified atom stereocenters. The molecule has 1 aromatic carbocycles. The quantitative estimate of drug-likeness (QED) is 0.823. The summed E-state index contributed by atoms with van der Waals surface area (Å²) in [5.41, 5.74) is 7.44. The van der Waals surface area contributed by atoms with Crippen LogP contribution in [-0.4, -0.2) is 11.9 Å².